The molecular weight excluding hydrogens is 426 g/mol. The minimum atomic E-state index is -2.45. The van der Waals surface area contributed by atoms with Crippen molar-refractivity contribution < 1.29 is 8.78 Å². The van der Waals surface area contributed by atoms with Crippen molar-refractivity contribution in [2.24, 2.45) is 0 Å². The van der Waals surface area contributed by atoms with Crippen LogP contribution in [0.2, 0.25) is 0 Å². The first-order valence-electron chi connectivity index (χ1n) is 11.0. The van der Waals surface area contributed by atoms with E-state index < -0.39 is 13.0 Å². The average molecular weight is 453 g/mol. The van der Waals surface area contributed by atoms with Crippen LogP contribution in [0.4, 0.5) is 14.7 Å². The molecule has 1 aliphatic rings. The fourth-order valence-electron chi connectivity index (χ4n) is 4.23. The number of piperidine rings is 1. The minimum absolute atomic E-state index is 0.377. The highest BCUT2D eigenvalue weighted by molar-refractivity contribution is 5.94. The van der Waals surface area contributed by atoms with Gasteiger partial charge in [-0.2, -0.15) is 10.1 Å². The summed E-state index contributed by atoms with van der Waals surface area (Å²) in [7, 11) is 2.14. The van der Waals surface area contributed by atoms with E-state index in [0.717, 1.165) is 53.6 Å². The first kappa shape index (κ1) is 21.3. The van der Waals surface area contributed by atoms with E-state index in [2.05, 4.69) is 49.2 Å². The smallest absolute Gasteiger partial charge is 0.255 e. The summed E-state index contributed by atoms with van der Waals surface area (Å²) in [6.45, 7) is 5.57. The zero-order valence-corrected chi connectivity index (χ0v) is 18.4. The van der Waals surface area contributed by atoms with Gasteiger partial charge in [0.2, 0.25) is 5.95 Å². The van der Waals surface area contributed by atoms with Crippen LogP contribution in [-0.2, 0) is 0 Å². The molecule has 5 rings (SSSR count). The van der Waals surface area contributed by atoms with Gasteiger partial charge < -0.3 is 20.5 Å². The lowest BCUT2D eigenvalue weighted by Crippen LogP contribution is -2.37. The van der Waals surface area contributed by atoms with Crippen molar-refractivity contribution in [3.8, 4) is 11.1 Å². The Morgan fingerprint density at radius 3 is 2.91 bits per heavy atom. The number of aromatic nitrogens is 5. The number of anilines is 1. The summed E-state index contributed by atoms with van der Waals surface area (Å²) in [4.78, 5) is 14.8. The number of likely N-dealkylation sites (tertiary alicyclic amines) is 1. The Labute approximate surface area is 189 Å². The second-order valence-electron chi connectivity index (χ2n) is 8.43. The van der Waals surface area contributed by atoms with Crippen LogP contribution in [0.5, 0.6) is 0 Å². The molecule has 8 nitrogen and oxygen atoms in total. The number of rotatable bonds is 7. The van der Waals surface area contributed by atoms with Crippen molar-refractivity contribution in [1.82, 2.24) is 34.8 Å². The molecule has 33 heavy (non-hydrogen) atoms. The number of nitrogens with one attached hydrogen (secondary N) is 3. The zero-order chi connectivity index (χ0) is 22.9. The lowest BCUT2D eigenvalue weighted by atomic mass is 10.1. The maximum absolute atomic E-state index is 12.6. The third kappa shape index (κ3) is 4.38. The van der Waals surface area contributed by atoms with Crippen LogP contribution >= 0.6 is 0 Å². The quantitative estimate of drug-likeness (QED) is 0.397. The van der Waals surface area contributed by atoms with Crippen LogP contribution in [0, 0.1) is 0 Å². The van der Waals surface area contributed by atoms with E-state index in [9.17, 15) is 8.78 Å². The molecule has 10 heteroatoms. The Bertz CT molecular complexity index is 1290. The summed E-state index contributed by atoms with van der Waals surface area (Å²) in [5, 5.41) is 11.3. The van der Waals surface area contributed by atoms with Crippen LogP contribution in [-0.4, -0.2) is 68.6 Å². The molecule has 0 atom stereocenters. The van der Waals surface area contributed by atoms with Crippen LogP contribution in [0.25, 0.3) is 33.4 Å². The Morgan fingerprint density at radius 2 is 2.12 bits per heavy atom. The summed E-state index contributed by atoms with van der Waals surface area (Å²) in [5.74, 6) is 0.625. The molecule has 0 spiro atoms. The molecule has 0 amide bonds. The Morgan fingerprint density at radius 1 is 1.30 bits per heavy atom. The van der Waals surface area contributed by atoms with Gasteiger partial charge in [-0.05, 0) is 50.7 Å². The van der Waals surface area contributed by atoms with Gasteiger partial charge in [0.15, 0.2) is 0 Å². The molecule has 3 N–H and O–H groups in total. The first-order chi connectivity index (χ1) is 16.0. The normalized spacial score (nSPS) is 15.5. The standard InChI is InChI=1S/C23H26F2N8/c1-14(26-13-21(24)25)17-12-29-33-8-3-15(9-20(17)33)18-10-27-22-19(18)11-28-23(31-22)30-16-4-6-32(2)7-5-16/h3,8-12,16,21,26H,1,4-7,13H2,2H3,(H2,27,28,30,31). The maximum atomic E-state index is 12.6. The maximum Gasteiger partial charge on any atom is 0.255 e. The number of fused-ring (bicyclic) bond motifs is 2. The molecule has 4 aromatic heterocycles. The summed E-state index contributed by atoms with van der Waals surface area (Å²) in [6, 6.07) is 4.29. The molecule has 0 aromatic carbocycles. The third-order valence-corrected chi connectivity index (χ3v) is 6.11. The monoisotopic (exact) mass is 452 g/mol. The molecule has 5 heterocycles. The van der Waals surface area contributed by atoms with Crippen molar-refractivity contribution >= 4 is 28.2 Å². The van der Waals surface area contributed by atoms with Gasteiger partial charge in [0.25, 0.3) is 6.43 Å². The number of hydrogen-bond acceptors (Lipinski definition) is 6. The molecule has 1 aliphatic heterocycles. The summed E-state index contributed by atoms with van der Waals surface area (Å²) in [5.41, 5.74) is 4.52. The number of pyridine rings is 1. The molecule has 0 bridgehead atoms. The van der Waals surface area contributed by atoms with Gasteiger partial charge >= 0.3 is 0 Å². The SMILES string of the molecule is C=C(NCC(F)F)c1cnn2ccc(-c3c[nH]c4nc(NC5CCN(C)CC5)ncc34)cc12. The lowest BCUT2D eigenvalue weighted by Gasteiger charge is -2.29. The van der Waals surface area contributed by atoms with Gasteiger partial charge in [-0.15, -0.1) is 0 Å². The van der Waals surface area contributed by atoms with E-state index >= 15 is 0 Å². The highest BCUT2D eigenvalue weighted by Crippen LogP contribution is 2.30. The van der Waals surface area contributed by atoms with Crippen LogP contribution in [0.3, 0.4) is 0 Å². The second kappa shape index (κ2) is 8.78. The fourth-order valence-corrected chi connectivity index (χ4v) is 4.23. The number of aromatic amines is 1. The highest BCUT2D eigenvalue weighted by Gasteiger charge is 2.18. The van der Waals surface area contributed by atoms with E-state index in [1.807, 2.05) is 30.7 Å². The predicted molar refractivity (Wildman–Crippen MR) is 125 cm³/mol. The third-order valence-electron chi connectivity index (χ3n) is 6.11. The molecular formula is C23H26F2N8. The van der Waals surface area contributed by atoms with Crippen molar-refractivity contribution in [2.75, 3.05) is 32.0 Å². The number of halogens is 2. The number of alkyl halides is 2. The summed E-state index contributed by atoms with van der Waals surface area (Å²) < 4.78 is 26.9. The van der Waals surface area contributed by atoms with Crippen molar-refractivity contribution in [2.45, 2.75) is 25.3 Å². The Kier molecular flexibility index (Phi) is 5.67. The lowest BCUT2D eigenvalue weighted by molar-refractivity contribution is 0.151. The van der Waals surface area contributed by atoms with E-state index in [-0.39, 0.29) is 0 Å². The van der Waals surface area contributed by atoms with Gasteiger partial charge in [0.05, 0.1) is 18.3 Å². The predicted octanol–water partition coefficient (Wildman–Crippen LogP) is 3.60. The molecule has 0 aliphatic carbocycles. The van der Waals surface area contributed by atoms with E-state index in [0.29, 0.717) is 23.3 Å². The molecule has 4 aromatic rings. The van der Waals surface area contributed by atoms with E-state index in [1.54, 1.807) is 10.7 Å². The van der Waals surface area contributed by atoms with Crippen LogP contribution in [0.1, 0.15) is 18.4 Å². The number of nitrogens with zero attached hydrogens (tertiary/aromatic N) is 5. The Hall–Kier alpha value is -3.53. The molecule has 1 saturated heterocycles. The van der Waals surface area contributed by atoms with E-state index in [1.165, 1.54) is 0 Å². The van der Waals surface area contributed by atoms with Gasteiger partial charge in [0, 0.05) is 46.8 Å². The van der Waals surface area contributed by atoms with Gasteiger partial charge in [0.1, 0.15) is 5.65 Å². The number of H-pyrrole nitrogens is 1. The molecule has 1 fully saturated rings. The average Bonchev–Trinajstić information content (AvgIpc) is 3.42. The van der Waals surface area contributed by atoms with E-state index in [4.69, 9.17) is 0 Å². The van der Waals surface area contributed by atoms with Crippen molar-refractivity contribution in [1.29, 1.82) is 0 Å². The highest BCUT2D eigenvalue weighted by atomic mass is 19.3. The molecule has 0 radical (unpaired) electrons. The van der Waals surface area contributed by atoms with Crippen molar-refractivity contribution in [3.05, 3.63) is 49.1 Å². The fraction of sp³-hybridized carbons (Fsp3) is 0.348. The first-order valence-corrected chi connectivity index (χ1v) is 11.0. The van der Waals surface area contributed by atoms with Gasteiger partial charge in [-0.25, -0.2) is 18.3 Å². The van der Waals surface area contributed by atoms with Crippen LogP contribution < -0.4 is 10.6 Å². The summed E-state index contributed by atoms with van der Waals surface area (Å²) >= 11 is 0. The molecule has 0 saturated carbocycles. The van der Waals surface area contributed by atoms with Gasteiger partial charge in [-0.1, -0.05) is 6.58 Å². The zero-order valence-electron chi connectivity index (χ0n) is 18.4. The summed E-state index contributed by atoms with van der Waals surface area (Å²) in [6.07, 6.45) is 6.88. The van der Waals surface area contributed by atoms with Crippen LogP contribution in [0.15, 0.2) is 43.5 Å². The Balaban J connectivity index is 1.41. The largest absolute Gasteiger partial charge is 0.379 e. The number of hydrogen-bond donors (Lipinski definition) is 3. The molecule has 0 unspecified atom stereocenters. The topological polar surface area (TPSA) is 86.2 Å². The van der Waals surface area contributed by atoms with Gasteiger partial charge in [-0.3, -0.25) is 0 Å². The molecule has 172 valence electrons. The second-order valence-corrected chi connectivity index (χ2v) is 8.43. The van der Waals surface area contributed by atoms with Crippen molar-refractivity contribution in [3.63, 3.8) is 0 Å². The minimum Gasteiger partial charge on any atom is -0.379 e.